The van der Waals surface area contributed by atoms with E-state index < -0.39 is 5.60 Å². The minimum atomic E-state index is -1.13. The number of benzene rings is 2. The normalized spacial score (nSPS) is 13.9. The minimum absolute atomic E-state index is 0.0514. The van der Waals surface area contributed by atoms with Gasteiger partial charge in [0.1, 0.15) is 0 Å². The lowest BCUT2D eigenvalue weighted by Crippen LogP contribution is -2.25. The summed E-state index contributed by atoms with van der Waals surface area (Å²) in [6.45, 7) is 1.67. The van der Waals surface area contributed by atoms with E-state index in [1.165, 1.54) is 0 Å². The van der Waals surface area contributed by atoms with Gasteiger partial charge >= 0.3 is 0 Å². The molecule has 0 heterocycles. The highest BCUT2D eigenvalue weighted by atomic mass is 16.3. The molecule has 2 aromatic rings. The molecule has 92 valence electrons. The molecule has 0 amide bonds. The zero-order valence-corrected chi connectivity index (χ0v) is 10.3. The first-order valence-corrected chi connectivity index (χ1v) is 5.96. The average molecular weight is 240 g/mol. The van der Waals surface area contributed by atoms with Crippen molar-refractivity contribution in [3.63, 3.8) is 0 Å². The van der Waals surface area contributed by atoms with Crippen LogP contribution in [-0.4, -0.2) is 10.9 Å². The van der Waals surface area contributed by atoms with Crippen molar-refractivity contribution < 1.29 is 9.90 Å². The van der Waals surface area contributed by atoms with Gasteiger partial charge in [-0.25, -0.2) is 0 Å². The van der Waals surface area contributed by atoms with Crippen LogP contribution in [0.25, 0.3) is 0 Å². The lowest BCUT2D eigenvalue weighted by molar-refractivity contribution is 0.0431. The molecule has 2 heteroatoms. The maximum Gasteiger partial charge on any atom is 0.166 e. The third-order valence-electron chi connectivity index (χ3n) is 3.00. The molecule has 0 aliphatic carbocycles. The summed E-state index contributed by atoms with van der Waals surface area (Å²) in [7, 11) is 0. The van der Waals surface area contributed by atoms with Crippen molar-refractivity contribution in [2.75, 3.05) is 0 Å². The highest BCUT2D eigenvalue weighted by molar-refractivity contribution is 5.96. The van der Waals surface area contributed by atoms with Crippen LogP contribution in [-0.2, 0) is 5.60 Å². The Labute approximate surface area is 107 Å². The van der Waals surface area contributed by atoms with Crippen LogP contribution >= 0.6 is 0 Å². The number of Topliss-reactive ketones (excluding diaryl/α,β-unsaturated/α-hetero) is 1. The Morgan fingerprint density at radius 3 is 2.06 bits per heavy atom. The Hall–Kier alpha value is -1.93. The molecule has 0 saturated carbocycles. The molecule has 1 unspecified atom stereocenters. The summed E-state index contributed by atoms with van der Waals surface area (Å²) >= 11 is 0. The van der Waals surface area contributed by atoms with E-state index in [1.54, 1.807) is 19.1 Å². The van der Waals surface area contributed by atoms with Gasteiger partial charge in [-0.15, -0.1) is 0 Å². The fourth-order valence-electron chi connectivity index (χ4n) is 1.94. The molecule has 0 spiro atoms. The van der Waals surface area contributed by atoms with E-state index in [-0.39, 0.29) is 12.2 Å². The third kappa shape index (κ3) is 2.84. The molecule has 0 fully saturated rings. The molecule has 2 rings (SSSR count). The molecule has 1 N–H and O–H groups in total. The topological polar surface area (TPSA) is 37.3 Å². The molecule has 2 aromatic carbocycles. The second-order valence-corrected chi connectivity index (χ2v) is 4.61. The van der Waals surface area contributed by atoms with Gasteiger partial charge in [0.15, 0.2) is 5.78 Å². The fourth-order valence-corrected chi connectivity index (χ4v) is 1.94. The summed E-state index contributed by atoms with van der Waals surface area (Å²) in [6, 6.07) is 18.3. The van der Waals surface area contributed by atoms with Crippen LogP contribution in [0.4, 0.5) is 0 Å². The van der Waals surface area contributed by atoms with Crippen LogP contribution in [0.15, 0.2) is 60.7 Å². The van der Waals surface area contributed by atoms with Gasteiger partial charge < -0.3 is 5.11 Å². The minimum Gasteiger partial charge on any atom is -0.385 e. The lowest BCUT2D eigenvalue weighted by Gasteiger charge is -2.23. The van der Waals surface area contributed by atoms with Crippen molar-refractivity contribution in [1.82, 2.24) is 0 Å². The molecule has 2 nitrogen and oxygen atoms in total. The Kier molecular flexibility index (Phi) is 3.58. The van der Waals surface area contributed by atoms with Gasteiger partial charge in [-0.2, -0.15) is 0 Å². The molecule has 1 atom stereocenters. The van der Waals surface area contributed by atoms with Gasteiger partial charge in [0.05, 0.1) is 5.60 Å². The molecular weight excluding hydrogens is 224 g/mol. The molecule has 0 radical (unpaired) electrons. The van der Waals surface area contributed by atoms with Crippen molar-refractivity contribution in [2.45, 2.75) is 18.9 Å². The number of hydrogen-bond donors (Lipinski definition) is 1. The van der Waals surface area contributed by atoms with Gasteiger partial charge in [-0.1, -0.05) is 60.7 Å². The van der Waals surface area contributed by atoms with Crippen molar-refractivity contribution in [3.05, 3.63) is 71.8 Å². The number of rotatable bonds is 4. The molecule has 0 aliphatic rings. The van der Waals surface area contributed by atoms with E-state index in [0.29, 0.717) is 5.56 Å². The van der Waals surface area contributed by atoms with Crippen molar-refractivity contribution >= 4 is 5.78 Å². The maximum atomic E-state index is 12.1. The lowest BCUT2D eigenvalue weighted by atomic mass is 9.89. The average Bonchev–Trinajstić information content (AvgIpc) is 2.40. The first-order chi connectivity index (χ1) is 8.59. The Balaban J connectivity index is 2.17. The standard InChI is InChI=1S/C16H16O2/c1-16(18,14-10-6-3-7-11-14)12-15(17)13-8-4-2-5-9-13/h2-11,18H,12H2,1H3. The fraction of sp³-hybridized carbons (Fsp3) is 0.188. The maximum absolute atomic E-state index is 12.1. The predicted molar refractivity (Wildman–Crippen MR) is 71.4 cm³/mol. The zero-order chi connectivity index (χ0) is 13.0. The molecule has 0 saturated heterocycles. The molecule has 0 aromatic heterocycles. The van der Waals surface area contributed by atoms with Crippen LogP contribution in [0.2, 0.25) is 0 Å². The van der Waals surface area contributed by atoms with E-state index in [1.807, 2.05) is 48.5 Å². The number of carbonyl (C=O) groups is 1. The van der Waals surface area contributed by atoms with E-state index in [2.05, 4.69) is 0 Å². The molecule has 0 aliphatic heterocycles. The highest BCUT2D eigenvalue weighted by Crippen LogP contribution is 2.25. The number of hydrogen-bond acceptors (Lipinski definition) is 2. The molecular formula is C16H16O2. The summed E-state index contributed by atoms with van der Waals surface area (Å²) in [5.41, 5.74) is 0.261. The van der Waals surface area contributed by atoms with Crippen LogP contribution in [0.5, 0.6) is 0 Å². The van der Waals surface area contributed by atoms with Crippen LogP contribution in [0.3, 0.4) is 0 Å². The van der Waals surface area contributed by atoms with Gasteiger partial charge in [0.25, 0.3) is 0 Å². The zero-order valence-electron chi connectivity index (χ0n) is 10.3. The van der Waals surface area contributed by atoms with E-state index in [4.69, 9.17) is 0 Å². The summed E-state index contributed by atoms with van der Waals surface area (Å²) in [5, 5.41) is 10.4. The Morgan fingerprint density at radius 2 is 1.50 bits per heavy atom. The second kappa shape index (κ2) is 5.15. The van der Waals surface area contributed by atoms with Gasteiger partial charge in [-0.3, -0.25) is 4.79 Å². The second-order valence-electron chi connectivity index (χ2n) is 4.61. The number of aliphatic hydroxyl groups is 1. The van der Waals surface area contributed by atoms with Crippen molar-refractivity contribution in [1.29, 1.82) is 0 Å². The summed E-state index contributed by atoms with van der Waals surface area (Å²) in [6.07, 6.45) is 0.0844. The molecule has 18 heavy (non-hydrogen) atoms. The number of carbonyl (C=O) groups excluding carboxylic acids is 1. The van der Waals surface area contributed by atoms with Crippen LogP contribution in [0, 0.1) is 0 Å². The number of ketones is 1. The smallest absolute Gasteiger partial charge is 0.166 e. The quantitative estimate of drug-likeness (QED) is 0.833. The Bertz CT molecular complexity index is 515. The van der Waals surface area contributed by atoms with Gasteiger partial charge in [-0.05, 0) is 12.5 Å². The van der Waals surface area contributed by atoms with Gasteiger partial charge in [0, 0.05) is 12.0 Å². The van der Waals surface area contributed by atoms with E-state index in [0.717, 1.165) is 5.56 Å². The van der Waals surface area contributed by atoms with Crippen molar-refractivity contribution in [2.24, 2.45) is 0 Å². The predicted octanol–water partition coefficient (Wildman–Crippen LogP) is 3.17. The third-order valence-corrected chi connectivity index (χ3v) is 3.00. The first kappa shape index (κ1) is 12.5. The summed E-state index contributed by atoms with van der Waals surface area (Å²) in [5.74, 6) is -0.0514. The van der Waals surface area contributed by atoms with E-state index in [9.17, 15) is 9.90 Å². The monoisotopic (exact) mass is 240 g/mol. The van der Waals surface area contributed by atoms with Crippen LogP contribution in [0.1, 0.15) is 29.3 Å². The highest BCUT2D eigenvalue weighted by Gasteiger charge is 2.26. The van der Waals surface area contributed by atoms with Gasteiger partial charge in [0.2, 0.25) is 0 Å². The first-order valence-electron chi connectivity index (χ1n) is 5.96. The largest absolute Gasteiger partial charge is 0.385 e. The summed E-state index contributed by atoms with van der Waals surface area (Å²) < 4.78 is 0. The Morgan fingerprint density at radius 1 is 1.00 bits per heavy atom. The SMILES string of the molecule is CC(O)(CC(=O)c1ccccc1)c1ccccc1. The van der Waals surface area contributed by atoms with Crippen molar-refractivity contribution in [3.8, 4) is 0 Å². The molecule has 0 bridgehead atoms. The van der Waals surface area contributed by atoms with E-state index >= 15 is 0 Å². The van der Waals surface area contributed by atoms with Crippen LogP contribution < -0.4 is 0 Å². The summed E-state index contributed by atoms with van der Waals surface area (Å²) in [4.78, 5) is 12.1.